The van der Waals surface area contributed by atoms with Crippen molar-refractivity contribution >= 4 is 23.5 Å². The number of rotatable bonds is 0. The van der Waals surface area contributed by atoms with Crippen LogP contribution in [0.3, 0.4) is 0 Å². The van der Waals surface area contributed by atoms with E-state index in [1.807, 2.05) is 46.8 Å². The van der Waals surface area contributed by atoms with E-state index >= 15 is 0 Å². The van der Waals surface area contributed by atoms with Crippen LogP contribution >= 0.6 is 11.3 Å². The minimum Gasteiger partial charge on any atom is -0.289 e. The van der Waals surface area contributed by atoms with E-state index in [-0.39, 0.29) is 5.43 Å². The molecule has 0 radical (unpaired) electrons. The largest absolute Gasteiger partial charge is 0.289 e. The van der Waals surface area contributed by atoms with Gasteiger partial charge in [-0.25, -0.2) is 4.98 Å². The first kappa shape index (κ1) is 13.0. The molecule has 0 aromatic heterocycles. The number of hydrogen-bond acceptors (Lipinski definition) is 3. The van der Waals surface area contributed by atoms with Crippen molar-refractivity contribution in [2.24, 2.45) is 0 Å². The standard InChI is InChI=1S/C15H17NOS/c1-6-11-12(7-2)18-15-10(5)14(17)9(4)8(3)13(15)16-11/h6-7H,1-5H3/b11-6+,12-7+. The fourth-order valence-corrected chi connectivity index (χ4v) is 3.24. The summed E-state index contributed by atoms with van der Waals surface area (Å²) in [6.07, 6.45) is 4.06. The van der Waals surface area contributed by atoms with Crippen LogP contribution in [0.5, 0.6) is 0 Å². The Labute approximate surface area is 111 Å². The van der Waals surface area contributed by atoms with E-state index in [0.29, 0.717) is 0 Å². The molecule has 2 aliphatic rings. The second-order valence-corrected chi connectivity index (χ2v) is 5.47. The van der Waals surface area contributed by atoms with Gasteiger partial charge in [0.1, 0.15) is 0 Å². The van der Waals surface area contributed by atoms with Crippen LogP contribution in [0.25, 0.3) is 22.7 Å². The van der Waals surface area contributed by atoms with Crippen LogP contribution < -0.4 is 15.3 Å². The molecule has 1 heterocycles. The molecule has 0 saturated heterocycles. The van der Waals surface area contributed by atoms with Gasteiger partial charge in [0.05, 0.1) is 15.9 Å². The van der Waals surface area contributed by atoms with Crippen molar-refractivity contribution in [2.45, 2.75) is 34.6 Å². The Bertz CT molecular complexity index is 756. The highest BCUT2D eigenvalue weighted by Crippen LogP contribution is 2.27. The molecule has 18 heavy (non-hydrogen) atoms. The van der Waals surface area contributed by atoms with Crippen molar-refractivity contribution < 1.29 is 0 Å². The molecule has 0 aromatic carbocycles. The van der Waals surface area contributed by atoms with Gasteiger partial charge in [0.2, 0.25) is 0 Å². The third-order valence-electron chi connectivity index (χ3n) is 3.39. The van der Waals surface area contributed by atoms with Gasteiger partial charge in [0.25, 0.3) is 0 Å². The molecule has 0 aromatic rings. The molecule has 2 rings (SSSR count). The SMILES string of the molecule is C/C=c1/nc2c(C)c(C)c(=O)c(C)c-2s/c1=C/C. The van der Waals surface area contributed by atoms with Crippen LogP contribution in [0.1, 0.15) is 30.5 Å². The first-order valence-electron chi connectivity index (χ1n) is 6.04. The topological polar surface area (TPSA) is 30.0 Å². The Balaban J connectivity index is 3.14. The summed E-state index contributed by atoms with van der Waals surface area (Å²) in [6, 6.07) is 0. The van der Waals surface area contributed by atoms with Crippen LogP contribution in [0.15, 0.2) is 4.79 Å². The zero-order valence-electron chi connectivity index (χ0n) is 11.4. The molecule has 0 amide bonds. The molecule has 0 unspecified atom stereocenters. The third-order valence-corrected chi connectivity index (χ3v) is 4.76. The molecule has 0 atom stereocenters. The van der Waals surface area contributed by atoms with Gasteiger partial charge in [-0.1, -0.05) is 12.2 Å². The Morgan fingerprint density at radius 3 is 2.22 bits per heavy atom. The van der Waals surface area contributed by atoms with Gasteiger partial charge in [-0.05, 0) is 40.2 Å². The molecule has 1 aliphatic heterocycles. The Hall–Kier alpha value is -1.48. The van der Waals surface area contributed by atoms with E-state index in [1.165, 1.54) is 0 Å². The second-order valence-electron chi connectivity index (χ2n) is 4.42. The van der Waals surface area contributed by atoms with Gasteiger partial charge >= 0.3 is 0 Å². The van der Waals surface area contributed by atoms with Crippen molar-refractivity contribution in [1.29, 1.82) is 0 Å². The van der Waals surface area contributed by atoms with Crippen LogP contribution in [0.4, 0.5) is 0 Å². The zero-order chi connectivity index (χ0) is 13.4. The zero-order valence-corrected chi connectivity index (χ0v) is 12.2. The van der Waals surface area contributed by atoms with Crippen molar-refractivity contribution in [3.63, 3.8) is 0 Å². The minimum atomic E-state index is 0.147. The number of hydrogen-bond donors (Lipinski definition) is 0. The number of aromatic nitrogens is 1. The van der Waals surface area contributed by atoms with E-state index in [1.54, 1.807) is 11.3 Å². The van der Waals surface area contributed by atoms with Gasteiger partial charge in [-0.2, -0.15) is 0 Å². The number of fused-ring (bicyclic) bond motifs is 1. The molecule has 0 bridgehead atoms. The highest BCUT2D eigenvalue weighted by Gasteiger charge is 2.17. The predicted octanol–water partition coefficient (Wildman–Crippen LogP) is 2.13. The number of nitrogens with zero attached hydrogens (tertiary/aromatic N) is 1. The molecule has 0 spiro atoms. The summed E-state index contributed by atoms with van der Waals surface area (Å²) in [4.78, 5) is 17.8. The van der Waals surface area contributed by atoms with Gasteiger partial charge in [0.15, 0.2) is 5.43 Å². The summed E-state index contributed by atoms with van der Waals surface area (Å²) in [5.41, 5.74) is 3.75. The summed E-state index contributed by atoms with van der Waals surface area (Å²) in [5, 5.41) is 0.996. The van der Waals surface area contributed by atoms with Crippen LogP contribution in [-0.4, -0.2) is 4.98 Å². The average molecular weight is 259 g/mol. The van der Waals surface area contributed by atoms with E-state index < -0.39 is 0 Å². The molecule has 1 aliphatic carbocycles. The van der Waals surface area contributed by atoms with E-state index in [9.17, 15) is 4.79 Å². The molecule has 3 heteroatoms. The number of benzene rings is 1. The molecular weight excluding hydrogens is 242 g/mol. The monoisotopic (exact) mass is 259 g/mol. The molecule has 0 saturated carbocycles. The van der Waals surface area contributed by atoms with E-state index in [4.69, 9.17) is 4.98 Å². The smallest absolute Gasteiger partial charge is 0.186 e. The average Bonchev–Trinajstić information content (AvgIpc) is 2.41. The summed E-state index contributed by atoms with van der Waals surface area (Å²) in [5.74, 6) is 0. The molecular formula is C15H17NOS. The van der Waals surface area contributed by atoms with E-state index in [2.05, 4.69) is 0 Å². The lowest BCUT2D eigenvalue weighted by molar-refractivity contribution is 1.17. The first-order valence-corrected chi connectivity index (χ1v) is 6.86. The molecule has 0 N–H and O–H groups in total. The quantitative estimate of drug-likeness (QED) is 0.725. The summed E-state index contributed by atoms with van der Waals surface area (Å²) in [7, 11) is 0. The fraction of sp³-hybridized carbons (Fsp3) is 0.333. The normalized spacial score (nSPS) is 13.6. The highest BCUT2D eigenvalue weighted by atomic mass is 32.1. The Kier molecular flexibility index (Phi) is 3.35. The second kappa shape index (κ2) is 4.65. The first-order chi connectivity index (χ1) is 8.51. The van der Waals surface area contributed by atoms with Crippen LogP contribution in [0.2, 0.25) is 0 Å². The van der Waals surface area contributed by atoms with Gasteiger partial charge < -0.3 is 0 Å². The maximum absolute atomic E-state index is 12.1. The fourth-order valence-electron chi connectivity index (χ4n) is 2.09. The highest BCUT2D eigenvalue weighted by molar-refractivity contribution is 7.13. The Morgan fingerprint density at radius 2 is 1.67 bits per heavy atom. The Morgan fingerprint density at radius 1 is 1.00 bits per heavy atom. The van der Waals surface area contributed by atoms with Gasteiger partial charge in [-0.3, -0.25) is 4.79 Å². The van der Waals surface area contributed by atoms with E-state index in [0.717, 1.165) is 37.1 Å². The molecule has 0 fully saturated rings. The van der Waals surface area contributed by atoms with Crippen molar-refractivity contribution in [3.05, 3.63) is 36.8 Å². The summed E-state index contributed by atoms with van der Waals surface area (Å²) in [6.45, 7) is 9.74. The van der Waals surface area contributed by atoms with Crippen LogP contribution in [-0.2, 0) is 0 Å². The van der Waals surface area contributed by atoms with Gasteiger partial charge in [-0.15, -0.1) is 11.3 Å². The maximum atomic E-state index is 12.1. The van der Waals surface area contributed by atoms with Crippen molar-refractivity contribution in [1.82, 2.24) is 4.98 Å². The third kappa shape index (κ3) is 1.79. The molecule has 94 valence electrons. The summed E-state index contributed by atoms with van der Waals surface area (Å²) < 4.78 is 1.12. The lowest BCUT2D eigenvalue weighted by Gasteiger charge is -2.12. The minimum absolute atomic E-state index is 0.147. The van der Waals surface area contributed by atoms with Gasteiger partial charge in [0, 0.05) is 15.7 Å². The van der Waals surface area contributed by atoms with Crippen molar-refractivity contribution in [2.75, 3.05) is 0 Å². The summed E-state index contributed by atoms with van der Waals surface area (Å²) >= 11 is 1.65. The lowest BCUT2D eigenvalue weighted by Crippen LogP contribution is -2.28. The van der Waals surface area contributed by atoms with Crippen molar-refractivity contribution in [3.8, 4) is 10.6 Å². The lowest BCUT2D eigenvalue weighted by atomic mass is 10.0. The molecule has 2 nitrogen and oxygen atoms in total. The maximum Gasteiger partial charge on any atom is 0.186 e. The predicted molar refractivity (Wildman–Crippen MR) is 78.7 cm³/mol. The van der Waals surface area contributed by atoms with Crippen LogP contribution in [0, 0.1) is 20.8 Å².